The highest BCUT2D eigenvalue weighted by Crippen LogP contribution is 2.11. The van der Waals surface area contributed by atoms with Crippen LogP contribution in [0.4, 0.5) is 5.69 Å². The Morgan fingerprint density at radius 1 is 1.44 bits per heavy atom. The number of benzene rings is 1. The SMILES string of the molecule is O=C(O)c1cccc(NCc2ccn[nH]2)c1. The molecule has 1 aromatic carbocycles. The van der Waals surface area contributed by atoms with Gasteiger partial charge in [0.2, 0.25) is 0 Å². The first-order valence-electron chi connectivity index (χ1n) is 4.81. The lowest BCUT2D eigenvalue weighted by atomic mass is 10.2. The minimum absolute atomic E-state index is 0.273. The molecular formula is C11H11N3O2. The van der Waals surface area contributed by atoms with Crippen molar-refractivity contribution in [1.29, 1.82) is 0 Å². The quantitative estimate of drug-likeness (QED) is 0.728. The summed E-state index contributed by atoms with van der Waals surface area (Å²) < 4.78 is 0. The van der Waals surface area contributed by atoms with Crippen molar-refractivity contribution in [1.82, 2.24) is 10.2 Å². The minimum Gasteiger partial charge on any atom is -0.478 e. The second-order valence-electron chi connectivity index (χ2n) is 3.32. The Hall–Kier alpha value is -2.30. The van der Waals surface area contributed by atoms with E-state index in [-0.39, 0.29) is 5.56 Å². The molecule has 3 N–H and O–H groups in total. The normalized spacial score (nSPS) is 10.0. The fourth-order valence-electron chi connectivity index (χ4n) is 1.34. The molecule has 0 amide bonds. The van der Waals surface area contributed by atoms with Crippen molar-refractivity contribution >= 4 is 11.7 Å². The van der Waals surface area contributed by atoms with Gasteiger partial charge in [-0.3, -0.25) is 5.10 Å². The maximum atomic E-state index is 10.7. The van der Waals surface area contributed by atoms with Gasteiger partial charge in [0.05, 0.1) is 17.8 Å². The molecule has 0 bridgehead atoms. The van der Waals surface area contributed by atoms with Gasteiger partial charge in [-0.15, -0.1) is 0 Å². The van der Waals surface area contributed by atoms with Crippen LogP contribution in [0.5, 0.6) is 0 Å². The number of rotatable bonds is 4. The fourth-order valence-corrected chi connectivity index (χ4v) is 1.34. The minimum atomic E-state index is -0.926. The lowest BCUT2D eigenvalue weighted by molar-refractivity contribution is 0.0697. The summed E-state index contributed by atoms with van der Waals surface area (Å²) in [5, 5.41) is 18.6. The zero-order valence-electron chi connectivity index (χ0n) is 8.47. The fraction of sp³-hybridized carbons (Fsp3) is 0.0909. The maximum absolute atomic E-state index is 10.7. The molecule has 2 aromatic rings. The summed E-state index contributed by atoms with van der Waals surface area (Å²) >= 11 is 0. The lowest BCUT2D eigenvalue weighted by Crippen LogP contribution is -2.02. The van der Waals surface area contributed by atoms with E-state index in [1.807, 2.05) is 12.1 Å². The number of hydrogen-bond donors (Lipinski definition) is 3. The van der Waals surface area contributed by atoms with E-state index in [9.17, 15) is 4.79 Å². The van der Waals surface area contributed by atoms with Gasteiger partial charge in [0.25, 0.3) is 0 Å². The number of nitrogens with zero attached hydrogens (tertiary/aromatic N) is 1. The van der Waals surface area contributed by atoms with E-state index in [2.05, 4.69) is 15.5 Å². The van der Waals surface area contributed by atoms with Gasteiger partial charge in [0, 0.05) is 11.9 Å². The van der Waals surface area contributed by atoms with Crippen LogP contribution in [-0.4, -0.2) is 21.3 Å². The van der Waals surface area contributed by atoms with Crippen LogP contribution in [0.1, 0.15) is 16.1 Å². The highest BCUT2D eigenvalue weighted by molar-refractivity contribution is 5.88. The van der Waals surface area contributed by atoms with E-state index in [0.717, 1.165) is 11.4 Å². The summed E-state index contributed by atoms with van der Waals surface area (Å²) in [6, 6.07) is 8.54. The number of carboxylic acids is 1. The Bertz CT molecular complexity index is 480. The first-order chi connectivity index (χ1) is 7.75. The van der Waals surface area contributed by atoms with Gasteiger partial charge in [-0.05, 0) is 24.3 Å². The van der Waals surface area contributed by atoms with Gasteiger partial charge in [-0.1, -0.05) is 6.07 Å². The lowest BCUT2D eigenvalue weighted by Gasteiger charge is -2.05. The maximum Gasteiger partial charge on any atom is 0.335 e. The summed E-state index contributed by atoms with van der Waals surface area (Å²) in [5.41, 5.74) is 1.99. The van der Waals surface area contributed by atoms with Gasteiger partial charge >= 0.3 is 5.97 Å². The van der Waals surface area contributed by atoms with Crippen molar-refractivity contribution in [3.8, 4) is 0 Å². The second-order valence-corrected chi connectivity index (χ2v) is 3.32. The van der Waals surface area contributed by atoms with Crippen LogP contribution in [0.3, 0.4) is 0 Å². The number of carbonyl (C=O) groups is 1. The molecule has 0 saturated heterocycles. The smallest absolute Gasteiger partial charge is 0.335 e. The van der Waals surface area contributed by atoms with Crippen LogP contribution in [-0.2, 0) is 6.54 Å². The monoisotopic (exact) mass is 217 g/mol. The molecule has 5 nitrogen and oxygen atoms in total. The highest BCUT2D eigenvalue weighted by atomic mass is 16.4. The molecule has 5 heteroatoms. The molecule has 2 rings (SSSR count). The van der Waals surface area contributed by atoms with Crippen molar-refractivity contribution in [3.63, 3.8) is 0 Å². The molecule has 16 heavy (non-hydrogen) atoms. The Kier molecular flexibility index (Phi) is 2.86. The molecule has 0 radical (unpaired) electrons. The van der Waals surface area contributed by atoms with Crippen LogP contribution in [0.25, 0.3) is 0 Å². The summed E-state index contributed by atoms with van der Waals surface area (Å²) in [6.07, 6.45) is 1.67. The Labute approximate surface area is 92.1 Å². The first-order valence-corrected chi connectivity index (χ1v) is 4.81. The third-order valence-electron chi connectivity index (χ3n) is 2.15. The van der Waals surface area contributed by atoms with Crippen molar-refractivity contribution in [2.45, 2.75) is 6.54 Å². The molecule has 0 spiro atoms. The zero-order chi connectivity index (χ0) is 11.4. The van der Waals surface area contributed by atoms with E-state index in [0.29, 0.717) is 6.54 Å². The van der Waals surface area contributed by atoms with Crippen LogP contribution in [0, 0.1) is 0 Å². The number of H-pyrrole nitrogens is 1. The number of nitrogens with one attached hydrogen (secondary N) is 2. The van der Waals surface area contributed by atoms with Gasteiger partial charge in [-0.25, -0.2) is 4.79 Å². The molecule has 1 heterocycles. The number of anilines is 1. The van der Waals surface area contributed by atoms with Crippen molar-refractivity contribution in [2.24, 2.45) is 0 Å². The number of aromatic carboxylic acids is 1. The average molecular weight is 217 g/mol. The van der Waals surface area contributed by atoms with Gasteiger partial charge in [-0.2, -0.15) is 5.10 Å². The molecule has 82 valence electrons. The largest absolute Gasteiger partial charge is 0.478 e. The van der Waals surface area contributed by atoms with Crippen LogP contribution >= 0.6 is 0 Å². The van der Waals surface area contributed by atoms with Crippen LogP contribution in [0.2, 0.25) is 0 Å². The molecule has 0 saturated carbocycles. The Morgan fingerprint density at radius 2 is 2.31 bits per heavy atom. The molecule has 0 aliphatic heterocycles. The topological polar surface area (TPSA) is 78.0 Å². The van der Waals surface area contributed by atoms with Crippen LogP contribution < -0.4 is 5.32 Å². The molecule has 0 fully saturated rings. The standard InChI is InChI=1S/C11H11N3O2/c15-11(16)8-2-1-3-9(6-8)12-7-10-4-5-13-14-10/h1-6,12H,7H2,(H,13,14)(H,15,16). The van der Waals surface area contributed by atoms with E-state index in [4.69, 9.17) is 5.11 Å². The molecule has 1 aromatic heterocycles. The zero-order valence-corrected chi connectivity index (χ0v) is 8.47. The highest BCUT2D eigenvalue weighted by Gasteiger charge is 2.02. The summed E-state index contributed by atoms with van der Waals surface area (Å²) in [5.74, 6) is -0.926. The third-order valence-corrected chi connectivity index (χ3v) is 2.15. The average Bonchev–Trinajstić information content (AvgIpc) is 2.79. The number of hydrogen-bond acceptors (Lipinski definition) is 3. The van der Waals surface area contributed by atoms with Crippen LogP contribution in [0.15, 0.2) is 36.5 Å². The third kappa shape index (κ3) is 2.38. The molecule has 0 aliphatic carbocycles. The summed E-state index contributed by atoms with van der Waals surface area (Å²) in [7, 11) is 0. The van der Waals surface area contributed by atoms with E-state index in [1.165, 1.54) is 0 Å². The molecule has 0 atom stereocenters. The van der Waals surface area contributed by atoms with Gasteiger partial charge < -0.3 is 10.4 Å². The summed E-state index contributed by atoms with van der Waals surface area (Å²) in [6.45, 7) is 0.586. The molecule has 0 unspecified atom stereocenters. The van der Waals surface area contributed by atoms with Gasteiger partial charge in [0.1, 0.15) is 0 Å². The number of aromatic amines is 1. The number of aromatic nitrogens is 2. The van der Waals surface area contributed by atoms with Crippen molar-refractivity contribution in [3.05, 3.63) is 47.8 Å². The van der Waals surface area contributed by atoms with Gasteiger partial charge in [0.15, 0.2) is 0 Å². The van der Waals surface area contributed by atoms with E-state index < -0.39 is 5.97 Å². The predicted octanol–water partition coefficient (Wildman–Crippen LogP) is 1.72. The molecule has 0 aliphatic rings. The Morgan fingerprint density at radius 3 is 3.00 bits per heavy atom. The summed E-state index contributed by atoms with van der Waals surface area (Å²) in [4.78, 5) is 10.7. The molecular weight excluding hydrogens is 206 g/mol. The second kappa shape index (κ2) is 4.48. The van der Waals surface area contributed by atoms with Crippen molar-refractivity contribution < 1.29 is 9.90 Å². The first kappa shape index (κ1) is 10.2. The predicted molar refractivity (Wildman–Crippen MR) is 59.3 cm³/mol. The van der Waals surface area contributed by atoms with E-state index in [1.54, 1.807) is 24.4 Å². The number of carboxylic acid groups (broad SMARTS) is 1. The Balaban J connectivity index is 2.04. The van der Waals surface area contributed by atoms with Crippen molar-refractivity contribution in [2.75, 3.05) is 5.32 Å². The van der Waals surface area contributed by atoms with E-state index >= 15 is 0 Å².